The van der Waals surface area contributed by atoms with Gasteiger partial charge in [0, 0.05) is 61.1 Å². The summed E-state index contributed by atoms with van der Waals surface area (Å²) < 4.78 is 2.47. The number of carbonyl (C=O) groups excluding carboxylic acids is 1. The fourth-order valence-corrected chi connectivity index (χ4v) is 5.59. The molecule has 2 saturated heterocycles. The van der Waals surface area contributed by atoms with E-state index in [1.165, 1.54) is 27.9 Å². The van der Waals surface area contributed by atoms with Crippen LogP contribution in [0.1, 0.15) is 50.8 Å². The summed E-state index contributed by atoms with van der Waals surface area (Å²) >= 11 is 0. The number of benzene rings is 1. The van der Waals surface area contributed by atoms with Gasteiger partial charge in [-0.15, -0.1) is 0 Å². The number of fused-ring (bicyclic) bond motifs is 1. The smallest absolute Gasteiger partial charge is 0.253 e. The number of likely N-dealkylation sites (N-methyl/N-ethyl adjacent to an activating group) is 2. The fraction of sp³-hybridized carbons (Fsp3) is 0.536. The third kappa shape index (κ3) is 4.24. The molecule has 0 saturated carbocycles. The van der Waals surface area contributed by atoms with E-state index in [1.807, 2.05) is 11.9 Å². The summed E-state index contributed by atoms with van der Waals surface area (Å²) in [5, 5.41) is 4.91. The number of rotatable bonds is 7. The second kappa shape index (κ2) is 9.87. The number of nitrogens with one attached hydrogen (secondary N) is 1. The van der Waals surface area contributed by atoms with E-state index in [0.29, 0.717) is 0 Å². The molecule has 1 N–H and O–H groups in total. The Hall–Kier alpha value is -2.73. The van der Waals surface area contributed by atoms with E-state index in [-0.39, 0.29) is 5.91 Å². The van der Waals surface area contributed by atoms with Crippen molar-refractivity contribution < 1.29 is 4.79 Å². The van der Waals surface area contributed by atoms with Crippen molar-refractivity contribution in [1.29, 1.82) is 0 Å². The Kier molecular flexibility index (Phi) is 7.08. The van der Waals surface area contributed by atoms with Gasteiger partial charge in [0.05, 0.1) is 0 Å². The number of allylic oxidation sites excluding steroid dienone is 2. The minimum Gasteiger partial charge on any atom is -0.371 e. The monoisotopic (exact) mass is 463 g/mol. The standard InChI is InChI=1S/C28H41N5O/c1-7-11-24(26-21(3)33(20-19-30(4)5)23-14-10-9-13-22(23)26)32-17-15-28(16-18-32)27(34)31(6)25(29-28)12-8-2/h9-14,29H,7-8,15-20H2,1-6H3/b24-11-,25-12+. The number of carbonyl (C=O) groups is 1. The molecule has 6 heteroatoms. The van der Waals surface area contributed by atoms with E-state index in [0.717, 1.165) is 57.7 Å². The van der Waals surface area contributed by atoms with Gasteiger partial charge in [-0.1, -0.05) is 38.1 Å². The normalized spacial score (nSPS) is 19.8. The van der Waals surface area contributed by atoms with E-state index in [2.05, 4.69) is 91.0 Å². The number of aromatic nitrogens is 1. The van der Waals surface area contributed by atoms with Crippen molar-refractivity contribution in [2.45, 2.75) is 58.5 Å². The Balaban J connectivity index is 1.65. The topological polar surface area (TPSA) is 43.8 Å². The summed E-state index contributed by atoms with van der Waals surface area (Å²) in [4.78, 5) is 19.7. The molecule has 1 aromatic carbocycles. The minimum absolute atomic E-state index is 0.212. The van der Waals surface area contributed by atoms with Crippen molar-refractivity contribution >= 4 is 22.5 Å². The van der Waals surface area contributed by atoms with Crippen LogP contribution in [0, 0.1) is 6.92 Å². The number of likely N-dealkylation sites (tertiary alicyclic amines) is 1. The predicted molar refractivity (Wildman–Crippen MR) is 141 cm³/mol. The molecule has 0 bridgehead atoms. The van der Waals surface area contributed by atoms with Crippen LogP contribution < -0.4 is 5.32 Å². The highest BCUT2D eigenvalue weighted by Gasteiger charge is 2.49. The average Bonchev–Trinajstić information content (AvgIpc) is 3.23. The first-order chi connectivity index (χ1) is 16.3. The van der Waals surface area contributed by atoms with Gasteiger partial charge in [0.15, 0.2) is 0 Å². The minimum atomic E-state index is -0.460. The Morgan fingerprint density at radius 3 is 2.50 bits per heavy atom. The SMILES string of the molecule is CC/C=C(/c1c(C)n(CCN(C)C)c2ccccc12)N1CCC2(CC1)N/C(=C\CC)N(C)C2=O. The van der Waals surface area contributed by atoms with Crippen LogP contribution in [0.3, 0.4) is 0 Å². The van der Waals surface area contributed by atoms with Crippen molar-refractivity contribution in [3.63, 3.8) is 0 Å². The summed E-state index contributed by atoms with van der Waals surface area (Å²) in [5.74, 6) is 1.18. The lowest BCUT2D eigenvalue weighted by Gasteiger charge is -2.40. The lowest BCUT2D eigenvalue weighted by atomic mass is 9.86. The molecule has 4 rings (SSSR count). The first-order valence-electron chi connectivity index (χ1n) is 12.8. The van der Waals surface area contributed by atoms with Gasteiger partial charge in [0.2, 0.25) is 0 Å². The van der Waals surface area contributed by atoms with Crippen LogP contribution >= 0.6 is 0 Å². The number of nitrogens with zero attached hydrogens (tertiary/aromatic N) is 4. The molecule has 0 unspecified atom stereocenters. The number of hydrogen-bond acceptors (Lipinski definition) is 4. The first kappa shape index (κ1) is 24.4. The molecular formula is C28H41N5O. The summed E-state index contributed by atoms with van der Waals surface area (Å²) in [6.07, 6.45) is 8.03. The van der Waals surface area contributed by atoms with Crippen molar-refractivity contribution in [2.24, 2.45) is 0 Å². The molecular weight excluding hydrogens is 422 g/mol. The van der Waals surface area contributed by atoms with Gasteiger partial charge in [-0.3, -0.25) is 4.79 Å². The van der Waals surface area contributed by atoms with Gasteiger partial charge < -0.3 is 24.6 Å². The summed E-state index contributed by atoms with van der Waals surface area (Å²) in [5.41, 5.74) is 4.83. The highest BCUT2D eigenvalue weighted by molar-refractivity contribution is 5.95. The number of para-hydroxylation sites is 1. The average molecular weight is 464 g/mol. The molecule has 1 aromatic heterocycles. The largest absolute Gasteiger partial charge is 0.371 e. The van der Waals surface area contributed by atoms with Gasteiger partial charge in [-0.05, 0) is 58.8 Å². The highest BCUT2D eigenvalue weighted by Crippen LogP contribution is 2.38. The van der Waals surface area contributed by atoms with Crippen molar-refractivity contribution in [2.75, 3.05) is 40.8 Å². The highest BCUT2D eigenvalue weighted by atomic mass is 16.2. The zero-order chi connectivity index (χ0) is 24.5. The number of hydrogen-bond donors (Lipinski definition) is 1. The first-order valence-corrected chi connectivity index (χ1v) is 12.8. The molecule has 1 amide bonds. The predicted octanol–water partition coefficient (Wildman–Crippen LogP) is 4.41. The molecule has 6 nitrogen and oxygen atoms in total. The Labute approximate surface area is 204 Å². The zero-order valence-corrected chi connectivity index (χ0v) is 21.8. The second-order valence-electron chi connectivity index (χ2n) is 9.99. The van der Waals surface area contributed by atoms with Gasteiger partial charge in [0.25, 0.3) is 5.91 Å². The summed E-state index contributed by atoms with van der Waals surface area (Å²) in [7, 11) is 6.15. The number of amides is 1. The molecule has 0 aliphatic carbocycles. The van der Waals surface area contributed by atoms with Gasteiger partial charge in [-0.25, -0.2) is 0 Å². The number of piperidine rings is 1. The summed E-state index contributed by atoms with van der Waals surface area (Å²) in [6.45, 7) is 10.3. The van der Waals surface area contributed by atoms with Gasteiger partial charge >= 0.3 is 0 Å². The zero-order valence-electron chi connectivity index (χ0n) is 21.8. The van der Waals surface area contributed by atoms with E-state index in [9.17, 15) is 4.79 Å². The third-order valence-corrected chi connectivity index (χ3v) is 7.45. The van der Waals surface area contributed by atoms with Crippen LogP contribution in [0.4, 0.5) is 0 Å². The lowest BCUT2D eigenvalue weighted by molar-refractivity contribution is -0.132. The van der Waals surface area contributed by atoms with E-state index < -0.39 is 5.54 Å². The molecule has 34 heavy (non-hydrogen) atoms. The Morgan fingerprint density at radius 1 is 1.15 bits per heavy atom. The van der Waals surface area contributed by atoms with E-state index in [4.69, 9.17) is 0 Å². The van der Waals surface area contributed by atoms with Crippen LogP contribution in [-0.2, 0) is 11.3 Å². The molecule has 0 atom stereocenters. The molecule has 2 aromatic rings. The molecule has 3 heterocycles. The van der Waals surface area contributed by atoms with E-state index >= 15 is 0 Å². The quantitative estimate of drug-likeness (QED) is 0.661. The Morgan fingerprint density at radius 2 is 1.85 bits per heavy atom. The molecule has 0 radical (unpaired) electrons. The molecule has 2 aliphatic rings. The molecule has 184 valence electrons. The van der Waals surface area contributed by atoms with Crippen LogP contribution in [0.15, 0.2) is 42.2 Å². The van der Waals surface area contributed by atoms with Crippen LogP contribution in [-0.4, -0.2) is 71.5 Å². The lowest BCUT2D eigenvalue weighted by Crippen LogP contribution is -2.54. The van der Waals surface area contributed by atoms with E-state index in [1.54, 1.807) is 0 Å². The maximum absolute atomic E-state index is 13.2. The maximum Gasteiger partial charge on any atom is 0.253 e. The molecule has 2 fully saturated rings. The van der Waals surface area contributed by atoms with Crippen LogP contribution in [0.25, 0.3) is 16.6 Å². The van der Waals surface area contributed by atoms with Gasteiger partial charge in [0.1, 0.15) is 11.4 Å². The second-order valence-corrected chi connectivity index (χ2v) is 9.99. The maximum atomic E-state index is 13.2. The van der Waals surface area contributed by atoms with Crippen LogP contribution in [0.5, 0.6) is 0 Å². The summed E-state index contributed by atoms with van der Waals surface area (Å²) in [6, 6.07) is 8.79. The fourth-order valence-electron chi connectivity index (χ4n) is 5.59. The van der Waals surface area contributed by atoms with Crippen LogP contribution in [0.2, 0.25) is 0 Å². The molecule has 2 aliphatic heterocycles. The van der Waals surface area contributed by atoms with Crippen molar-refractivity contribution in [3.8, 4) is 0 Å². The van der Waals surface area contributed by atoms with Gasteiger partial charge in [-0.2, -0.15) is 0 Å². The van der Waals surface area contributed by atoms with Crippen molar-refractivity contribution in [1.82, 2.24) is 24.6 Å². The molecule has 1 spiro atoms. The Bertz CT molecular complexity index is 1100. The van der Waals surface area contributed by atoms with Crippen molar-refractivity contribution in [3.05, 3.63) is 53.5 Å². The third-order valence-electron chi connectivity index (χ3n) is 7.45.